The van der Waals surface area contributed by atoms with Crippen LogP contribution < -0.4 is 4.74 Å². The topological polar surface area (TPSA) is 46.6 Å². The fourth-order valence-corrected chi connectivity index (χ4v) is 4.10. The molecule has 22 heavy (non-hydrogen) atoms. The van der Waals surface area contributed by atoms with Crippen molar-refractivity contribution in [1.29, 1.82) is 0 Å². The van der Waals surface area contributed by atoms with Gasteiger partial charge in [-0.2, -0.15) is 0 Å². The first-order chi connectivity index (χ1) is 10.6. The Hall–Kier alpha value is -1.84. The van der Waals surface area contributed by atoms with Crippen LogP contribution in [0.15, 0.2) is 24.3 Å². The predicted octanol–water partition coefficient (Wildman–Crippen LogP) is 2.45. The molecule has 0 aromatic heterocycles. The van der Waals surface area contributed by atoms with E-state index in [1.165, 1.54) is 5.56 Å². The van der Waals surface area contributed by atoms with Crippen LogP contribution in [0.5, 0.6) is 5.75 Å². The third-order valence-electron chi connectivity index (χ3n) is 5.23. The Balaban J connectivity index is 1.76. The third-order valence-corrected chi connectivity index (χ3v) is 5.23. The average molecular weight is 301 g/mol. The second-order valence-corrected chi connectivity index (χ2v) is 6.40. The highest BCUT2D eigenvalue weighted by atomic mass is 16.5. The third kappa shape index (κ3) is 2.74. The Morgan fingerprint density at radius 2 is 2.00 bits per heavy atom. The van der Waals surface area contributed by atoms with Crippen LogP contribution in [0.25, 0.3) is 0 Å². The molecule has 0 bridgehead atoms. The highest BCUT2D eigenvalue weighted by molar-refractivity contribution is 5.83. The summed E-state index contributed by atoms with van der Waals surface area (Å²) in [5.74, 6) is 1.72. The number of rotatable bonds is 3. The first-order valence-corrected chi connectivity index (χ1v) is 8.03. The summed E-state index contributed by atoms with van der Waals surface area (Å²) in [4.78, 5) is 26.1. The first kappa shape index (κ1) is 15.1. The number of ether oxygens (including phenoxy) is 1. The second-order valence-electron chi connectivity index (χ2n) is 6.40. The Kier molecular flexibility index (Phi) is 4.19. The second kappa shape index (κ2) is 6.11. The zero-order valence-electron chi connectivity index (χ0n) is 13.2. The van der Waals surface area contributed by atoms with Crippen molar-refractivity contribution in [3.8, 4) is 5.75 Å². The van der Waals surface area contributed by atoms with E-state index in [1.807, 2.05) is 29.2 Å². The Bertz CT molecular complexity index is 566. The smallest absolute Gasteiger partial charge is 0.219 e. The molecular formula is C18H23NO3. The lowest BCUT2D eigenvalue weighted by Gasteiger charge is -2.36. The number of methoxy groups -OCH3 is 1. The van der Waals surface area contributed by atoms with E-state index >= 15 is 0 Å². The zero-order valence-corrected chi connectivity index (χ0v) is 13.2. The summed E-state index contributed by atoms with van der Waals surface area (Å²) in [7, 11) is 1.65. The van der Waals surface area contributed by atoms with E-state index in [-0.39, 0.29) is 17.9 Å². The van der Waals surface area contributed by atoms with Crippen LogP contribution in [0.2, 0.25) is 0 Å². The molecule has 0 unspecified atom stereocenters. The van der Waals surface area contributed by atoms with Gasteiger partial charge in [0.15, 0.2) is 0 Å². The number of nitrogens with zero attached hydrogens (tertiary/aromatic N) is 1. The summed E-state index contributed by atoms with van der Waals surface area (Å²) in [6, 6.07) is 8.21. The van der Waals surface area contributed by atoms with E-state index in [1.54, 1.807) is 14.0 Å². The molecule has 1 amide bonds. The van der Waals surface area contributed by atoms with Gasteiger partial charge in [-0.1, -0.05) is 12.1 Å². The predicted molar refractivity (Wildman–Crippen MR) is 83.7 cm³/mol. The maximum Gasteiger partial charge on any atom is 0.219 e. The van der Waals surface area contributed by atoms with Crippen molar-refractivity contribution in [3.63, 3.8) is 0 Å². The van der Waals surface area contributed by atoms with E-state index in [4.69, 9.17) is 4.74 Å². The summed E-state index contributed by atoms with van der Waals surface area (Å²) in [6.45, 7) is 2.44. The normalized spacial score (nSPS) is 27.6. The van der Waals surface area contributed by atoms with Gasteiger partial charge in [-0.25, -0.2) is 0 Å². The highest BCUT2D eigenvalue weighted by Crippen LogP contribution is 2.40. The fraction of sp³-hybridized carbons (Fsp3) is 0.556. The molecule has 0 radical (unpaired) electrons. The van der Waals surface area contributed by atoms with Gasteiger partial charge in [0.05, 0.1) is 7.11 Å². The van der Waals surface area contributed by atoms with Gasteiger partial charge in [-0.05, 0) is 42.9 Å². The van der Waals surface area contributed by atoms with Crippen LogP contribution in [0.1, 0.15) is 31.7 Å². The molecule has 1 heterocycles. The van der Waals surface area contributed by atoms with Gasteiger partial charge in [0.2, 0.25) is 5.91 Å². The van der Waals surface area contributed by atoms with Crippen molar-refractivity contribution < 1.29 is 14.3 Å². The summed E-state index contributed by atoms with van der Waals surface area (Å²) < 4.78 is 5.18. The van der Waals surface area contributed by atoms with Gasteiger partial charge in [0.1, 0.15) is 11.5 Å². The average Bonchev–Trinajstić information content (AvgIpc) is 2.95. The molecule has 1 aromatic carbocycles. The van der Waals surface area contributed by atoms with Crippen molar-refractivity contribution in [3.05, 3.63) is 29.8 Å². The SMILES string of the molecule is COc1ccc(C[C@H]2C(=O)CC[C@@H]3[C@H]2CCN3C(C)=O)cc1. The zero-order chi connectivity index (χ0) is 15.7. The molecule has 1 saturated heterocycles. The molecule has 3 atom stereocenters. The minimum Gasteiger partial charge on any atom is -0.497 e. The monoisotopic (exact) mass is 301 g/mol. The molecule has 1 aliphatic carbocycles. The first-order valence-electron chi connectivity index (χ1n) is 8.03. The summed E-state index contributed by atoms with van der Waals surface area (Å²) in [5.41, 5.74) is 1.17. The summed E-state index contributed by atoms with van der Waals surface area (Å²) >= 11 is 0. The van der Waals surface area contributed by atoms with E-state index in [0.717, 1.165) is 31.6 Å². The maximum atomic E-state index is 12.4. The molecule has 1 aromatic rings. The Morgan fingerprint density at radius 1 is 1.27 bits per heavy atom. The number of benzene rings is 1. The van der Waals surface area contributed by atoms with Crippen molar-refractivity contribution >= 4 is 11.7 Å². The van der Waals surface area contributed by atoms with Gasteiger partial charge in [0, 0.05) is 31.8 Å². The maximum absolute atomic E-state index is 12.4. The Labute approximate surface area is 131 Å². The van der Waals surface area contributed by atoms with Gasteiger partial charge < -0.3 is 9.64 Å². The number of likely N-dealkylation sites (tertiary alicyclic amines) is 1. The van der Waals surface area contributed by atoms with Gasteiger partial charge >= 0.3 is 0 Å². The molecule has 0 spiro atoms. The number of Topliss-reactive ketones (excluding diaryl/α,β-unsaturated/α-hetero) is 1. The Morgan fingerprint density at radius 3 is 2.64 bits per heavy atom. The number of ketones is 1. The molecule has 4 heteroatoms. The number of fused-ring (bicyclic) bond motifs is 1. The molecule has 2 aliphatic rings. The van der Waals surface area contributed by atoms with E-state index < -0.39 is 0 Å². The van der Waals surface area contributed by atoms with Crippen molar-refractivity contribution in [2.45, 2.75) is 38.6 Å². The number of hydrogen-bond acceptors (Lipinski definition) is 3. The lowest BCUT2D eigenvalue weighted by molar-refractivity contribution is -0.134. The molecular weight excluding hydrogens is 278 g/mol. The molecule has 2 fully saturated rings. The molecule has 4 nitrogen and oxygen atoms in total. The number of carbonyl (C=O) groups is 2. The van der Waals surface area contributed by atoms with E-state index in [2.05, 4.69) is 0 Å². The van der Waals surface area contributed by atoms with Crippen LogP contribution in [-0.4, -0.2) is 36.3 Å². The standard InChI is InChI=1S/C18H23NO3/c1-12(20)19-10-9-15-16(18(21)8-7-17(15)19)11-13-3-5-14(22-2)6-4-13/h3-6,15-17H,7-11H2,1-2H3/t15-,16+,17+/m0/s1. The minimum atomic E-state index is 0.0523. The van der Waals surface area contributed by atoms with Crippen LogP contribution in [0.4, 0.5) is 0 Å². The quantitative estimate of drug-likeness (QED) is 0.861. The fourth-order valence-electron chi connectivity index (χ4n) is 4.10. The minimum absolute atomic E-state index is 0.0523. The largest absolute Gasteiger partial charge is 0.497 e. The van der Waals surface area contributed by atoms with E-state index in [9.17, 15) is 9.59 Å². The van der Waals surface area contributed by atoms with Crippen LogP contribution >= 0.6 is 0 Å². The summed E-state index contributed by atoms with van der Waals surface area (Å²) in [6.07, 6.45) is 3.17. The van der Waals surface area contributed by atoms with Crippen molar-refractivity contribution in [2.75, 3.05) is 13.7 Å². The van der Waals surface area contributed by atoms with Crippen LogP contribution in [0.3, 0.4) is 0 Å². The molecule has 118 valence electrons. The lowest BCUT2D eigenvalue weighted by Crippen LogP contribution is -2.44. The molecule has 1 aliphatic heterocycles. The van der Waals surface area contributed by atoms with Crippen molar-refractivity contribution in [2.24, 2.45) is 11.8 Å². The molecule has 0 N–H and O–H groups in total. The number of hydrogen-bond donors (Lipinski definition) is 0. The van der Waals surface area contributed by atoms with E-state index in [0.29, 0.717) is 18.1 Å². The van der Waals surface area contributed by atoms with Crippen LogP contribution in [0, 0.1) is 11.8 Å². The number of amides is 1. The van der Waals surface area contributed by atoms with Crippen molar-refractivity contribution in [1.82, 2.24) is 4.90 Å². The molecule has 1 saturated carbocycles. The molecule has 3 rings (SSSR count). The van der Waals surface area contributed by atoms with Crippen LogP contribution in [-0.2, 0) is 16.0 Å². The highest BCUT2D eigenvalue weighted by Gasteiger charge is 2.45. The van der Waals surface area contributed by atoms with Gasteiger partial charge in [-0.15, -0.1) is 0 Å². The lowest BCUT2D eigenvalue weighted by atomic mass is 9.72. The number of carbonyl (C=O) groups excluding carboxylic acids is 2. The van der Waals surface area contributed by atoms with Gasteiger partial charge in [-0.3, -0.25) is 9.59 Å². The summed E-state index contributed by atoms with van der Waals surface area (Å²) in [5, 5.41) is 0. The van der Waals surface area contributed by atoms with Gasteiger partial charge in [0.25, 0.3) is 0 Å².